The molecule has 1 aliphatic carbocycles. The van der Waals surface area contributed by atoms with E-state index >= 15 is 0 Å². The number of benzene rings is 2. The van der Waals surface area contributed by atoms with Crippen molar-refractivity contribution in [2.24, 2.45) is 22.6 Å². The van der Waals surface area contributed by atoms with E-state index in [2.05, 4.69) is 48.2 Å². The van der Waals surface area contributed by atoms with Crippen LogP contribution in [0.2, 0.25) is 0 Å². The van der Waals surface area contributed by atoms with Gasteiger partial charge in [0.2, 0.25) is 5.91 Å². The monoisotopic (exact) mass is 504 g/mol. The third kappa shape index (κ3) is 6.74. The second-order valence-electron chi connectivity index (χ2n) is 11.1. The van der Waals surface area contributed by atoms with Crippen LogP contribution in [-0.2, 0) is 16.6 Å². The molecule has 1 aromatic heterocycles. The van der Waals surface area contributed by atoms with Crippen LogP contribution in [0.4, 0.5) is 5.69 Å². The molecular weight excluding hydrogens is 464 g/mol. The number of thiazole rings is 1. The first-order valence-corrected chi connectivity index (χ1v) is 14.0. The molecule has 3 N–H and O–H groups in total. The number of hydrogen-bond acceptors (Lipinski definition) is 4. The van der Waals surface area contributed by atoms with Gasteiger partial charge in [0.1, 0.15) is 6.04 Å². The van der Waals surface area contributed by atoms with Crippen LogP contribution in [0.25, 0.3) is 0 Å². The number of carbonyl (C=O) groups excluding carboxylic acids is 1. The summed E-state index contributed by atoms with van der Waals surface area (Å²) in [7, 11) is 0. The maximum Gasteiger partial charge on any atom is 0.243 e. The number of carbonyl (C=O) groups is 1. The predicted molar refractivity (Wildman–Crippen MR) is 149 cm³/mol. The Morgan fingerprint density at radius 1 is 1.08 bits per heavy atom. The minimum atomic E-state index is -0.385. The van der Waals surface area contributed by atoms with Crippen molar-refractivity contribution in [2.45, 2.75) is 64.3 Å². The fraction of sp³-hybridized carbons (Fsp3) is 0.467. The van der Waals surface area contributed by atoms with E-state index in [4.69, 9.17) is 10.7 Å². The predicted octanol–water partition coefficient (Wildman–Crippen LogP) is 5.74. The van der Waals surface area contributed by atoms with Crippen LogP contribution in [0.3, 0.4) is 0 Å². The van der Waals surface area contributed by atoms with Gasteiger partial charge >= 0.3 is 0 Å². The van der Waals surface area contributed by atoms with Crippen LogP contribution < -0.4 is 15.9 Å². The van der Waals surface area contributed by atoms with E-state index in [1.165, 1.54) is 12.8 Å². The first-order valence-electron chi connectivity index (χ1n) is 13.2. The van der Waals surface area contributed by atoms with Crippen LogP contribution >= 0.6 is 11.3 Å². The lowest BCUT2D eigenvalue weighted by Crippen LogP contribution is -2.42. The van der Waals surface area contributed by atoms with E-state index in [9.17, 15) is 4.79 Å². The number of nitrogens with two attached hydrogens (primary N) is 1. The average Bonchev–Trinajstić information content (AvgIpc) is 3.31. The lowest BCUT2D eigenvalue weighted by atomic mass is 9.81. The van der Waals surface area contributed by atoms with Gasteiger partial charge in [-0.15, -0.1) is 11.3 Å². The minimum Gasteiger partial charge on any atom is -0.354 e. The van der Waals surface area contributed by atoms with Gasteiger partial charge in [0.05, 0.1) is 5.69 Å². The zero-order valence-corrected chi connectivity index (χ0v) is 22.6. The number of hydrogen-bond donors (Lipinski definition) is 2. The highest BCUT2D eigenvalue weighted by Gasteiger charge is 2.30. The largest absolute Gasteiger partial charge is 0.354 e. The summed E-state index contributed by atoms with van der Waals surface area (Å²) in [6.45, 7) is 8.05. The summed E-state index contributed by atoms with van der Waals surface area (Å²) in [6.07, 6.45) is 5.29. The molecule has 0 bridgehead atoms. The number of para-hydroxylation sites is 1. The van der Waals surface area contributed by atoms with Gasteiger partial charge < -0.3 is 15.6 Å². The summed E-state index contributed by atoms with van der Waals surface area (Å²) in [5.41, 5.74) is 8.98. The molecule has 3 aromatic rings. The molecule has 3 atom stereocenters. The standard InChI is InChI=1S/C30H40N4OS/c1-30(2,3)27-21-36-29(33-25-15-8-5-9-16-25)34(27)26(18-22-11-6-4-7-12-22)28(35)32-20-24-14-10-13-23(17-24)19-31/h4-9,11-12,15-16,21,23-24,26H,10,13-14,17-20,31H2,1-3H3,(H,32,35)/t23?,24?,26-/m1/s1. The lowest BCUT2D eigenvalue weighted by Gasteiger charge is -2.30. The van der Waals surface area contributed by atoms with Crippen molar-refractivity contribution < 1.29 is 4.79 Å². The summed E-state index contributed by atoms with van der Waals surface area (Å²) in [6, 6.07) is 19.9. The Kier molecular flexibility index (Phi) is 8.81. The van der Waals surface area contributed by atoms with E-state index in [1.807, 2.05) is 48.5 Å². The molecule has 1 amide bonds. The van der Waals surface area contributed by atoms with Crippen LogP contribution in [0.15, 0.2) is 71.0 Å². The molecule has 4 rings (SSSR count). The Bertz CT molecular complexity index is 1180. The van der Waals surface area contributed by atoms with Gasteiger partial charge in [-0.3, -0.25) is 4.79 Å². The molecule has 2 aromatic carbocycles. The number of amides is 1. The van der Waals surface area contributed by atoms with E-state index < -0.39 is 0 Å². The molecule has 36 heavy (non-hydrogen) atoms. The number of aromatic nitrogens is 1. The van der Waals surface area contributed by atoms with Gasteiger partial charge in [0, 0.05) is 29.5 Å². The van der Waals surface area contributed by atoms with Crippen molar-refractivity contribution >= 4 is 22.9 Å². The highest BCUT2D eigenvalue weighted by Crippen LogP contribution is 2.29. The van der Waals surface area contributed by atoms with Crippen LogP contribution in [-0.4, -0.2) is 23.6 Å². The maximum atomic E-state index is 13.9. The third-order valence-corrected chi connectivity index (χ3v) is 8.01. The molecule has 0 radical (unpaired) electrons. The van der Waals surface area contributed by atoms with Crippen molar-refractivity contribution in [1.82, 2.24) is 9.88 Å². The fourth-order valence-electron chi connectivity index (χ4n) is 5.16. The van der Waals surface area contributed by atoms with Crippen molar-refractivity contribution in [2.75, 3.05) is 13.1 Å². The van der Waals surface area contributed by atoms with Gasteiger partial charge in [-0.1, -0.05) is 75.7 Å². The van der Waals surface area contributed by atoms with Crippen molar-refractivity contribution in [3.8, 4) is 0 Å². The molecule has 6 heteroatoms. The molecule has 0 saturated heterocycles. The Morgan fingerprint density at radius 3 is 2.42 bits per heavy atom. The molecular formula is C30H40N4OS. The summed E-state index contributed by atoms with van der Waals surface area (Å²) in [5.74, 6) is 1.14. The second-order valence-corrected chi connectivity index (χ2v) is 11.9. The van der Waals surface area contributed by atoms with Crippen molar-refractivity contribution in [3.63, 3.8) is 0 Å². The smallest absolute Gasteiger partial charge is 0.243 e. The first-order chi connectivity index (χ1) is 17.3. The van der Waals surface area contributed by atoms with E-state index in [0.717, 1.165) is 41.1 Å². The topological polar surface area (TPSA) is 72.4 Å². The van der Waals surface area contributed by atoms with Crippen LogP contribution in [0, 0.1) is 11.8 Å². The highest BCUT2D eigenvalue weighted by atomic mass is 32.1. The number of nitrogens with one attached hydrogen (secondary N) is 1. The number of rotatable bonds is 8. The quantitative estimate of drug-likeness (QED) is 0.410. The van der Waals surface area contributed by atoms with Gasteiger partial charge in [-0.25, -0.2) is 4.99 Å². The van der Waals surface area contributed by atoms with Gasteiger partial charge in [-0.05, 0) is 55.3 Å². The Hall–Kier alpha value is -2.70. The second kappa shape index (κ2) is 12.0. The third-order valence-electron chi connectivity index (χ3n) is 7.17. The molecule has 0 spiro atoms. The molecule has 192 valence electrons. The molecule has 1 fully saturated rings. The summed E-state index contributed by atoms with van der Waals surface area (Å²) < 4.78 is 2.18. The first kappa shape index (κ1) is 26.4. The summed E-state index contributed by atoms with van der Waals surface area (Å²) >= 11 is 1.61. The average molecular weight is 505 g/mol. The molecule has 1 aliphatic rings. The van der Waals surface area contributed by atoms with E-state index in [1.54, 1.807) is 11.3 Å². The fourth-order valence-corrected chi connectivity index (χ4v) is 6.34. The van der Waals surface area contributed by atoms with Crippen LogP contribution in [0.5, 0.6) is 0 Å². The zero-order chi connectivity index (χ0) is 25.5. The van der Waals surface area contributed by atoms with Crippen molar-refractivity contribution in [1.29, 1.82) is 0 Å². The SMILES string of the molecule is CC(C)(C)c1csc(=Nc2ccccc2)n1[C@H](Cc1ccccc1)C(=O)NCC1CCCC(CN)C1. The van der Waals surface area contributed by atoms with E-state index in [0.29, 0.717) is 24.8 Å². The minimum absolute atomic E-state index is 0.0622. The summed E-state index contributed by atoms with van der Waals surface area (Å²) in [4.78, 5) is 19.8. The number of nitrogens with zero attached hydrogens (tertiary/aromatic N) is 2. The molecule has 0 aliphatic heterocycles. The molecule has 1 saturated carbocycles. The highest BCUT2D eigenvalue weighted by molar-refractivity contribution is 7.07. The Morgan fingerprint density at radius 2 is 1.75 bits per heavy atom. The zero-order valence-electron chi connectivity index (χ0n) is 21.8. The lowest BCUT2D eigenvalue weighted by molar-refractivity contribution is -0.124. The normalized spacial score (nSPS) is 19.7. The Labute approximate surface area is 219 Å². The van der Waals surface area contributed by atoms with Crippen LogP contribution in [0.1, 0.15) is 63.8 Å². The van der Waals surface area contributed by atoms with Gasteiger partial charge in [-0.2, -0.15) is 0 Å². The summed E-state index contributed by atoms with van der Waals surface area (Å²) in [5, 5.41) is 5.50. The van der Waals surface area contributed by atoms with Crippen molar-refractivity contribution in [3.05, 3.63) is 82.1 Å². The van der Waals surface area contributed by atoms with Gasteiger partial charge in [0.25, 0.3) is 0 Å². The Balaban J connectivity index is 1.70. The van der Waals surface area contributed by atoms with Gasteiger partial charge in [0.15, 0.2) is 4.80 Å². The van der Waals surface area contributed by atoms with E-state index in [-0.39, 0.29) is 17.4 Å². The molecule has 1 heterocycles. The molecule has 2 unspecified atom stereocenters. The molecule has 5 nitrogen and oxygen atoms in total. The maximum absolute atomic E-state index is 13.9.